The molecular weight excluding hydrogens is 342 g/mol. The van der Waals surface area contributed by atoms with E-state index >= 15 is 0 Å². The van der Waals surface area contributed by atoms with E-state index in [0.29, 0.717) is 5.92 Å². The molecule has 5 heterocycles. The molecule has 0 radical (unpaired) electrons. The highest BCUT2D eigenvalue weighted by atomic mass is 16.5. The Hall–Kier alpha value is -2.74. The van der Waals surface area contributed by atoms with Gasteiger partial charge in [0.1, 0.15) is 6.33 Å². The molecule has 0 N–H and O–H groups in total. The predicted octanol–water partition coefficient (Wildman–Crippen LogP) is 1.79. The van der Waals surface area contributed by atoms with E-state index in [1.807, 2.05) is 12.3 Å². The van der Waals surface area contributed by atoms with Gasteiger partial charge in [0.25, 0.3) is 0 Å². The Balaban J connectivity index is 1.49. The van der Waals surface area contributed by atoms with E-state index in [1.54, 1.807) is 10.8 Å². The number of ether oxygens (including phenoxy) is 1. The van der Waals surface area contributed by atoms with Gasteiger partial charge in [0, 0.05) is 32.1 Å². The molecule has 5 rings (SSSR count). The van der Waals surface area contributed by atoms with E-state index in [2.05, 4.69) is 39.9 Å². The van der Waals surface area contributed by atoms with Crippen LogP contribution in [-0.2, 0) is 11.3 Å². The number of fused-ring (bicyclic) bond motifs is 2. The molecule has 27 heavy (non-hydrogen) atoms. The molecule has 1 unspecified atom stereocenters. The standard InChI is InChI=1S/C19H23N7O/c1-13-7-17-22-21-12-26(17)23-19(13)25-10-14(2)18-15(11-25)8-16(9-20-18)24-3-5-27-6-4-24/h7-9,12,14H,3-6,10-11H2,1-2H3. The summed E-state index contributed by atoms with van der Waals surface area (Å²) in [6, 6.07) is 4.33. The van der Waals surface area contributed by atoms with Crippen LogP contribution in [0, 0.1) is 6.92 Å². The van der Waals surface area contributed by atoms with Crippen LogP contribution in [0.4, 0.5) is 11.5 Å². The number of pyridine rings is 1. The van der Waals surface area contributed by atoms with Gasteiger partial charge in [-0.1, -0.05) is 6.92 Å². The van der Waals surface area contributed by atoms with Crippen LogP contribution in [0.25, 0.3) is 5.65 Å². The van der Waals surface area contributed by atoms with Gasteiger partial charge >= 0.3 is 0 Å². The summed E-state index contributed by atoms with van der Waals surface area (Å²) in [5.41, 5.74) is 5.56. The molecule has 0 amide bonds. The second-order valence-electron chi connectivity index (χ2n) is 7.40. The molecule has 8 nitrogen and oxygen atoms in total. The fourth-order valence-corrected chi connectivity index (χ4v) is 4.08. The van der Waals surface area contributed by atoms with E-state index in [9.17, 15) is 0 Å². The Morgan fingerprint density at radius 3 is 2.85 bits per heavy atom. The Bertz CT molecular complexity index is 979. The lowest BCUT2D eigenvalue weighted by Crippen LogP contribution is -2.37. The van der Waals surface area contributed by atoms with Gasteiger partial charge in [0.15, 0.2) is 11.5 Å². The average molecular weight is 365 g/mol. The van der Waals surface area contributed by atoms with Crippen molar-refractivity contribution in [3.8, 4) is 0 Å². The molecule has 2 aliphatic heterocycles. The number of hydrogen-bond donors (Lipinski definition) is 0. The van der Waals surface area contributed by atoms with Crippen molar-refractivity contribution >= 4 is 17.2 Å². The highest BCUT2D eigenvalue weighted by Gasteiger charge is 2.27. The number of morpholine rings is 1. The molecule has 3 aromatic rings. The van der Waals surface area contributed by atoms with Gasteiger partial charge in [-0.15, -0.1) is 15.3 Å². The van der Waals surface area contributed by atoms with Gasteiger partial charge in [0.2, 0.25) is 0 Å². The third-order valence-corrected chi connectivity index (χ3v) is 5.44. The molecule has 0 spiro atoms. The lowest BCUT2D eigenvalue weighted by molar-refractivity contribution is 0.122. The molecule has 140 valence electrons. The molecule has 1 fully saturated rings. The van der Waals surface area contributed by atoms with Crippen molar-refractivity contribution in [1.29, 1.82) is 0 Å². The molecule has 1 saturated heterocycles. The Morgan fingerprint density at radius 1 is 1.15 bits per heavy atom. The topological polar surface area (TPSA) is 71.7 Å². The summed E-state index contributed by atoms with van der Waals surface area (Å²) >= 11 is 0. The molecule has 8 heteroatoms. The molecule has 0 saturated carbocycles. The summed E-state index contributed by atoms with van der Waals surface area (Å²) in [6.45, 7) is 9.43. The van der Waals surface area contributed by atoms with Gasteiger partial charge in [-0.2, -0.15) is 4.52 Å². The molecule has 1 atom stereocenters. The molecular formula is C19H23N7O. The number of aryl methyl sites for hydroxylation is 1. The van der Waals surface area contributed by atoms with Crippen molar-refractivity contribution in [3.05, 3.63) is 41.5 Å². The van der Waals surface area contributed by atoms with Crippen LogP contribution < -0.4 is 9.80 Å². The van der Waals surface area contributed by atoms with Crippen molar-refractivity contribution in [1.82, 2.24) is 24.8 Å². The van der Waals surface area contributed by atoms with E-state index in [1.165, 1.54) is 16.9 Å². The van der Waals surface area contributed by atoms with Crippen molar-refractivity contribution in [2.45, 2.75) is 26.3 Å². The fourth-order valence-electron chi connectivity index (χ4n) is 4.08. The lowest BCUT2D eigenvalue weighted by atomic mass is 9.95. The summed E-state index contributed by atoms with van der Waals surface area (Å²) in [5.74, 6) is 1.34. The largest absolute Gasteiger partial charge is 0.378 e. The number of hydrogen-bond acceptors (Lipinski definition) is 7. The van der Waals surface area contributed by atoms with Crippen molar-refractivity contribution < 1.29 is 4.74 Å². The van der Waals surface area contributed by atoms with Crippen LogP contribution in [0.3, 0.4) is 0 Å². The summed E-state index contributed by atoms with van der Waals surface area (Å²) < 4.78 is 7.22. The van der Waals surface area contributed by atoms with E-state index in [0.717, 1.165) is 56.4 Å². The Kier molecular flexibility index (Phi) is 3.93. The average Bonchev–Trinajstić information content (AvgIpc) is 3.14. The first-order valence-electron chi connectivity index (χ1n) is 9.43. The van der Waals surface area contributed by atoms with E-state index < -0.39 is 0 Å². The van der Waals surface area contributed by atoms with Crippen LogP contribution in [0.2, 0.25) is 0 Å². The maximum Gasteiger partial charge on any atom is 0.177 e. The zero-order valence-electron chi connectivity index (χ0n) is 15.7. The third-order valence-electron chi connectivity index (χ3n) is 5.44. The quantitative estimate of drug-likeness (QED) is 0.685. The molecule has 0 aliphatic carbocycles. The van der Waals surface area contributed by atoms with Crippen LogP contribution in [-0.4, -0.2) is 57.6 Å². The van der Waals surface area contributed by atoms with Crippen molar-refractivity contribution in [3.63, 3.8) is 0 Å². The van der Waals surface area contributed by atoms with Crippen molar-refractivity contribution in [2.24, 2.45) is 0 Å². The Labute approximate surface area is 157 Å². The van der Waals surface area contributed by atoms with Crippen LogP contribution >= 0.6 is 0 Å². The molecule has 2 aliphatic rings. The van der Waals surface area contributed by atoms with Gasteiger partial charge in [-0.05, 0) is 30.2 Å². The second-order valence-corrected chi connectivity index (χ2v) is 7.40. The van der Waals surface area contributed by atoms with E-state index in [-0.39, 0.29) is 0 Å². The summed E-state index contributed by atoms with van der Waals surface area (Å²) in [6.07, 6.45) is 3.67. The summed E-state index contributed by atoms with van der Waals surface area (Å²) in [5, 5.41) is 12.8. The molecule has 3 aromatic heterocycles. The lowest BCUT2D eigenvalue weighted by Gasteiger charge is -2.35. The highest BCUT2D eigenvalue weighted by molar-refractivity contribution is 5.56. The second kappa shape index (κ2) is 6.45. The SMILES string of the molecule is Cc1cc2nncn2nc1N1Cc2cc(N3CCOCC3)cnc2C(C)C1. The minimum absolute atomic E-state index is 0.352. The smallest absolute Gasteiger partial charge is 0.177 e. The van der Waals surface area contributed by atoms with Gasteiger partial charge < -0.3 is 14.5 Å². The number of nitrogens with zero attached hydrogens (tertiary/aromatic N) is 7. The van der Waals surface area contributed by atoms with E-state index in [4.69, 9.17) is 14.8 Å². The number of rotatable bonds is 2. The number of aromatic nitrogens is 5. The fraction of sp³-hybridized carbons (Fsp3) is 0.474. The number of anilines is 2. The van der Waals surface area contributed by atoms with Crippen LogP contribution in [0.1, 0.15) is 29.7 Å². The normalized spacial score (nSPS) is 20.1. The first kappa shape index (κ1) is 16.4. The first-order valence-corrected chi connectivity index (χ1v) is 9.43. The van der Waals surface area contributed by atoms with Gasteiger partial charge in [0.05, 0.1) is 30.8 Å². The predicted molar refractivity (Wildman–Crippen MR) is 102 cm³/mol. The first-order chi connectivity index (χ1) is 13.2. The summed E-state index contributed by atoms with van der Waals surface area (Å²) in [4.78, 5) is 9.51. The minimum atomic E-state index is 0.352. The van der Waals surface area contributed by atoms with Gasteiger partial charge in [-0.3, -0.25) is 4.98 Å². The monoisotopic (exact) mass is 365 g/mol. The zero-order chi connectivity index (χ0) is 18.4. The van der Waals surface area contributed by atoms with Crippen LogP contribution in [0.15, 0.2) is 24.7 Å². The minimum Gasteiger partial charge on any atom is -0.378 e. The maximum absolute atomic E-state index is 5.48. The molecule has 0 aromatic carbocycles. The van der Waals surface area contributed by atoms with Crippen molar-refractivity contribution in [2.75, 3.05) is 42.6 Å². The summed E-state index contributed by atoms with van der Waals surface area (Å²) in [7, 11) is 0. The Morgan fingerprint density at radius 2 is 2.00 bits per heavy atom. The zero-order valence-corrected chi connectivity index (χ0v) is 15.7. The third kappa shape index (κ3) is 2.90. The van der Waals surface area contributed by atoms with Gasteiger partial charge in [-0.25, -0.2) is 0 Å². The molecule has 0 bridgehead atoms. The van der Waals surface area contributed by atoms with Crippen LogP contribution in [0.5, 0.6) is 0 Å². The maximum atomic E-state index is 5.48. The highest BCUT2D eigenvalue weighted by Crippen LogP contribution is 2.32.